The number of carbonyl (C=O) groups excluding carboxylic acids is 1. The second-order valence-electron chi connectivity index (χ2n) is 4.11. The van der Waals surface area contributed by atoms with E-state index in [0.717, 1.165) is 32.0 Å². The largest absolute Gasteiger partial charge is 0.381 e. The molecular formula is C11H22N2O2. The quantitative estimate of drug-likeness (QED) is 0.554. The van der Waals surface area contributed by atoms with Crippen molar-refractivity contribution in [2.24, 2.45) is 11.7 Å². The summed E-state index contributed by atoms with van der Waals surface area (Å²) in [6.07, 6.45) is 4.87. The van der Waals surface area contributed by atoms with Gasteiger partial charge in [-0.25, -0.2) is 0 Å². The van der Waals surface area contributed by atoms with E-state index in [9.17, 15) is 4.79 Å². The van der Waals surface area contributed by atoms with Crippen LogP contribution in [0.25, 0.3) is 0 Å². The van der Waals surface area contributed by atoms with Gasteiger partial charge in [0, 0.05) is 26.2 Å². The topological polar surface area (TPSA) is 64.4 Å². The average molecular weight is 214 g/mol. The van der Waals surface area contributed by atoms with Crippen molar-refractivity contribution in [3.8, 4) is 0 Å². The van der Waals surface area contributed by atoms with E-state index in [-0.39, 0.29) is 5.91 Å². The van der Waals surface area contributed by atoms with E-state index in [1.54, 1.807) is 0 Å². The van der Waals surface area contributed by atoms with Gasteiger partial charge in [0.1, 0.15) is 0 Å². The van der Waals surface area contributed by atoms with Crippen LogP contribution >= 0.6 is 0 Å². The third-order valence-corrected chi connectivity index (χ3v) is 2.45. The molecule has 0 aromatic carbocycles. The first-order chi connectivity index (χ1) is 7.33. The summed E-state index contributed by atoms with van der Waals surface area (Å²) in [7, 11) is 0. The summed E-state index contributed by atoms with van der Waals surface area (Å²) in [5.41, 5.74) is 5.31. The van der Waals surface area contributed by atoms with Crippen LogP contribution in [0.5, 0.6) is 0 Å². The van der Waals surface area contributed by atoms with Crippen molar-refractivity contribution in [2.75, 3.05) is 26.3 Å². The Bertz CT molecular complexity index is 181. The van der Waals surface area contributed by atoms with Gasteiger partial charge >= 0.3 is 0 Å². The fourth-order valence-electron chi connectivity index (χ4n) is 1.29. The number of rotatable bonds is 9. The zero-order chi connectivity index (χ0) is 10.9. The molecule has 0 radical (unpaired) electrons. The van der Waals surface area contributed by atoms with Gasteiger partial charge in [0.15, 0.2) is 0 Å². The molecular weight excluding hydrogens is 192 g/mol. The molecule has 0 bridgehead atoms. The Morgan fingerprint density at radius 2 is 2.20 bits per heavy atom. The zero-order valence-corrected chi connectivity index (χ0v) is 9.34. The van der Waals surface area contributed by atoms with Crippen LogP contribution in [0.1, 0.15) is 32.1 Å². The number of hydrogen-bond acceptors (Lipinski definition) is 3. The SMILES string of the molecule is NCCCC(=O)NCCCOCC1CC1. The summed E-state index contributed by atoms with van der Waals surface area (Å²) in [6.45, 7) is 2.96. The predicted octanol–water partition coefficient (Wildman–Crippen LogP) is 0.658. The monoisotopic (exact) mass is 214 g/mol. The van der Waals surface area contributed by atoms with Gasteiger partial charge in [0.25, 0.3) is 0 Å². The van der Waals surface area contributed by atoms with E-state index in [4.69, 9.17) is 10.5 Å². The number of nitrogens with two attached hydrogens (primary N) is 1. The van der Waals surface area contributed by atoms with E-state index >= 15 is 0 Å². The van der Waals surface area contributed by atoms with Crippen molar-refractivity contribution in [1.82, 2.24) is 5.32 Å². The maximum Gasteiger partial charge on any atom is 0.220 e. The molecule has 4 heteroatoms. The molecule has 0 aromatic heterocycles. The molecule has 1 fully saturated rings. The first-order valence-corrected chi connectivity index (χ1v) is 5.87. The second kappa shape index (κ2) is 7.65. The van der Waals surface area contributed by atoms with Gasteiger partial charge in [-0.3, -0.25) is 4.79 Å². The third kappa shape index (κ3) is 7.33. The third-order valence-electron chi connectivity index (χ3n) is 2.45. The molecule has 15 heavy (non-hydrogen) atoms. The Hall–Kier alpha value is -0.610. The van der Waals surface area contributed by atoms with Crippen LogP contribution in [0, 0.1) is 5.92 Å². The molecule has 1 saturated carbocycles. The summed E-state index contributed by atoms with van der Waals surface area (Å²) in [5, 5.41) is 2.85. The van der Waals surface area contributed by atoms with Gasteiger partial charge < -0.3 is 15.8 Å². The summed E-state index contributed by atoms with van der Waals surface area (Å²) >= 11 is 0. The van der Waals surface area contributed by atoms with Gasteiger partial charge in [-0.05, 0) is 38.1 Å². The molecule has 0 saturated heterocycles. The normalized spacial score (nSPS) is 15.3. The zero-order valence-electron chi connectivity index (χ0n) is 9.34. The van der Waals surface area contributed by atoms with Crippen LogP contribution in [0.4, 0.5) is 0 Å². The minimum absolute atomic E-state index is 0.0997. The van der Waals surface area contributed by atoms with Crippen molar-refractivity contribution in [3.05, 3.63) is 0 Å². The highest BCUT2D eigenvalue weighted by Gasteiger charge is 2.20. The second-order valence-corrected chi connectivity index (χ2v) is 4.11. The molecule has 4 nitrogen and oxygen atoms in total. The Morgan fingerprint density at radius 1 is 1.40 bits per heavy atom. The molecule has 0 spiro atoms. The molecule has 0 atom stereocenters. The summed E-state index contributed by atoms with van der Waals surface area (Å²) in [6, 6.07) is 0. The summed E-state index contributed by atoms with van der Waals surface area (Å²) in [4.78, 5) is 11.1. The first-order valence-electron chi connectivity index (χ1n) is 5.87. The van der Waals surface area contributed by atoms with Gasteiger partial charge in [-0.1, -0.05) is 0 Å². The predicted molar refractivity (Wildman–Crippen MR) is 59.5 cm³/mol. The van der Waals surface area contributed by atoms with Crippen LogP contribution in [-0.2, 0) is 9.53 Å². The van der Waals surface area contributed by atoms with E-state index in [2.05, 4.69) is 5.32 Å². The number of carbonyl (C=O) groups is 1. The number of nitrogens with one attached hydrogen (secondary N) is 1. The molecule has 0 heterocycles. The Kier molecular flexibility index (Phi) is 6.36. The van der Waals surface area contributed by atoms with Crippen molar-refractivity contribution in [3.63, 3.8) is 0 Å². The Balaban J connectivity index is 1.76. The molecule has 1 aliphatic rings. The highest BCUT2D eigenvalue weighted by Crippen LogP contribution is 2.28. The number of ether oxygens (including phenoxy) is 1. The number of amides is 1. The molecule has 0 aliphatic heterocycles. The molecule has 1 amide bonds. The maximum absolute atomic E-state index is 11.1. The first kappa shape index (κ1) is 12.5. The highest BCUT2D eigenvalue weighted by atomic mass is 16.5. The van der Waals surface area contributed by atoms with Crippen LogP contribution < -0.4 is 11.1 Å². The van der Waals surface area contributed by atoms with Crippen LogP contribution in [-0.4, -0.2) is 32.2 Å². The van der Waals surface area contributed by atoms with Crippen molar-refractivity contribution >= 4 is 5.91 Å². The lowest BCUT2D eigenvalue weighted by Gasteiger charge is -2.05. The molecule has 1 aliphatic carbocycles. The van der Waals surface area contributed by atoms with E-state index < -0.39 is 0 Å². The van der Waals surface area contributed by atoms with E-state index in [1.807, 2.05) is 0 Å². The standard InChI is InChI=1S/C11H22N2O2/c12-6-1-3-11(14)13-7-2-8-15-9-10-4-5-10/h10H,1-9,12H2,(H,13,14). The minimum atomic E-state index is 0.0997. The molecule has 88 valence electrons. The van der Waals surface area contributed by atoms with Gasteiger partial charge in [-0.15, -0.1) is 0 Å². The summed E-state index contributed by atoms with van der Waals surface area (Å²) < 4.78 is 5.45. The Morgan fingerprint density at radius 3 is 2.87 bits per heavy atom. The van der Waals surface area contributed by atoms with Crippen molar-refractivity contribution in [2.45, 2.75) is 32.1 Å². The average Bonchev–Trinajstić information content (AvgIpc) is 3.04. The van der Waals surface area contributed by atoms with Crippen LogP contribution in [0.3, 0.4) is 0 Å². The molecule has 3 N–H and O–H groups in total. The van der Waals surface area contributed by atoms with Crippen LogP contribution in [0.15, 0.2) is 0 Å². The fraction of sp³-hybridized carbons (Fsp3) is 0.909. The van der Waals surface area contributed by atoms with E-state index in [0.29, 0.717) is 19.5 Å². The highest BCUT2D eigenvalue weighted by molar-refractivity contribution is 5.75. The number of hydrogen-bond donors (Lipinski definition) is 2. The lowest BCUT2D eigenvalue weighted by atomic mass is 10.3. The van der Waals surface area contributed by atoms with Gasteiger partial charge in [-0.2, -0.15) is 0 Å². The molecule has 1 rings (SSSR count). The van der Waals surface area contributed by atoms with E-state index in [1.165, 1.54) is 12.8 Å². The molecule has 0 aromatic rings. The lowest BCUT2D eigenvalue weighted by molar-refractivity contribution is -0.121. The van der Waals surface area contributed by atoms with Crippen LogP contribution in [0.2, 0.25) is 0 Å². The Labute approximate surface area is 91.5 Å². The molecule has 0 unspecified atom stereocenters. The lowest BCUT2D eigenvalue weighted by Crippen LogP contribution is -2.25. The van der Waals surface area contributed by atoms with Gasteiger partial charge in [0.05, 0.1) is 0 Å². The summed E-state index contributed by atoms with van der Waals surface area (Å²) in [5.74, 6) is 0.923. The van der Waals surface area contributed by atoms with Crippen molar-refractivity contribution < 1.29 is 9.53 Å². The fourth-order valence-corrected chi connectivity index (χ4v) is 1.29. The van der Waals surface area contributed by atoms with Crippen molar-refractivity contribution in [1.29, 1.82) is 0 Å². The smallest absolute Gasteiger partial charge is 0.220 e. The maximum atomic E-state index is 11.1. The minimum Gasteiger partial charge on any atom is -0.381 e. The van der Waals surface area contributed by atoms with Gasteiger partial charge in [0.2, 0.25) is 5.91 Å².